The van der Waals surface area contributed by atoms with E-state index in [1.165, 1.54) is 27.4 Å². The van der Waals surface area contributed by atoms with Crippen molar-refractivity contribution in [1.82, 2.24) is 34.0 Å². The Morgan fingerprint density at radius 2 is 1.80 bits per heavy atom. The van der Waals surface area contributed by atoms with Crippen molar-refractivity contribution in [3.8, 4) is 5.69 Å². The van der Waals surface area contributed by atoms with Crippen LogP contribution in [0, 0.1) is 18.7 Å². The zero-order chi connectivity index (χ0) is 28.8. The molecular formula is C26H29F4N7O2S. The first kappa shape index (κ1) is 28.2. The molecule has 0 aliphatic carbocycles. The van der Waals surface area contributed by atoms with Crippen LogP contribution in [0.1, 0.15) is 31.0 Å². The molecule has 2 atom stereocenters. The van der Waals surface area contributed by atoms with Gasteiger partial charge in [-0.15, -0.1) is 5.10 Å². The molecular weight excluding hydrogens is 550 g/mol. The molecule has 3 heterocycles. The predicted molar refractivity (Wildman–Crippen MR) is 140 cm³/mol. The van der Waals surface area contributed by atoms with E-state index in [9.17, 15) is 26.0 Å². The number of nitrogens with zero attached hydrogens (tertiary/aromatic N) is 7. The van der Waals surface area contributed by atoms with Gasteiger partial charge in [0, 0.05) is 37.6 Å². The Labute approximate surface area is 229 Å². The Kier molecular flexibility index (Phi) is 7.44. The Balaban J connectivity index is 1.53. The van der Waals surface area contributed by atoms with Gasteiger partial charge >= 0.3 is 6.18 Å². The van der Waals surface area contributed by atoms with E-state index in [0.29, 0.717) is 17.8 Å². The number of sulfonamides is 1. The summed E-state index contributed by atoms with van der Waals surface area (Å²) in [4.78, 5) is 2.97. The minimum absolute atomic E-state index is 0.0200. The van der Waals surface area contributed by atoms with Crippen molar-refractivity contribution in [1.29, 1.82) is 0 Å². The number of piperazine rings is 1. The van der Waals surface area contributed by atoms with E-state index < -0.39 is 28.2 Å². The second kappa shape index (κ2) is 10.6. The Morgan fingerprint density at radius 1 is 1.07 bits per heavy atom. The van der Waals surface area contributed by atoms with E-state index in [0.717, 1.165) is 23.4 Å². The van der Waals surface area contributed by atoms with Gasteiger partial charge in [0.25, 0.3) is 10.0 Å². The topological polar surface area (TPSA) is 89.2 Å². The van der Waals surface area contributed by atoms with Crippen molar-refractivity contribution in [2.75, 3.05) is 26.2 Å². The number of benzene rings is 2. The highest BCUT2D eigenvalue weighted by Crippen LogP contribution is 2.36. The molecule has 1 unspecified atom stereocenters. The van der Waals surface area contributed by atoms with E-state index in [4.69, 9.17) is 0 Å². The fourth-order valence-corrected chi connectivity index (χ4v) is 6.31. The molecule has 4 aromatic rings. The first-order valence-corrected chi connectivity index (χ1v) is 14.3. The quantitative estimate of drug-likeness (QED) is 0.303. The molecule has 1 saturated heterocycles. The lowest BCUT2D eigenvalue weighted by Gasteiger charge is -2.42. The number of rotatable bonds is 7. The molecule has 0 saturated carbocycles. The van der Waals surface area contributed by atoms with Crippen LogP contribution in [0.15, 0.2) is 53.8 Å². The number of halogens is 4. The molecule has 0 N–H and O–H groups in total. The van der Waals surface area contributed by atoms with E-state index >= 15 is 0 Å². The molecule has 40 heavy (non-hydrogen) atoms. The molecule has 0 radical (unpaired) electrons. The fourth-order valence-electron chi connectivity index (χ4n) is 5.01. The van der Waals surface area contributed by atoms with Crippen LogP contribution < -0.4 is 0 Å². The highest BCUT2D eigenvalue weighted by Gasteiger charge is 2.42. The number of aromatic nitrogens is 5. The van der Waals surface area contributed by atoms with E-state index in [1.54, 1.807) is 34.8 Å². The van der Waals surface area contributed by atoms with Gasteiger partial charge in [-0.05, 0) is 61.4 Å². The van der Waals surface area contributed by atoms with Crippen LogP contribution in [-0.2, 0) is 16.6 Å². The van der Waals surface area contributed by atoms with Crippen LogP contribution in [-0.4, -0.2) is 74.8 Å². The zero-order valence-electron chi connectivity index (χ0n) is 22.2. The van der Waals surface area contributed by atoms with Crippen molar-refractivity contribution >= 4 is 20.9 Å². The summed E-state index contributed by atoms with van der Waals surface area (Å²) in [5, 5.41) is 13.0. The molecule has 5 rings (SSSR count). The summed E-state index contributed by atoms with van der Waals surface area (Å²) >= 11 is 0. The van der Waals surface area contributed by atoms with Crippen molar-refractivity contribution < 1.29 is 26.0 Å². The molecule has 14 heteroatoms. The van der Waals surface area contributed by atoms with Crippen LogP contribution in [0.5, 0.6) is 0 Å². The van der Waals surface area contributed by atoms with Gasteiger partial charge < -0.3 is 0 Å². The van der Waals surface area contributed by atoms with Crippen molar-refractivity contribution in [3.05, 3.63) is 65.7 Å². The van der Waals surface area contributed by atoms with Crippen LogP contribution in [0.4, 0.5) is 17.6 Å². The summed E-state index contributed by atoms with van der Waals surface area (Å²) in [6, 6.07) is 8.94. The first-order chi connectivity index (χ1) is 18.9. The van der Waals surface area contributed by atoms with Gasteiger partial charge in [0.15, 0.2) is 0 Å². The number of hydrogen-bond acceptors (Lipinski definition) is 6. The van der Waals surface area contributed by atoms with Gasteiger partial charge in [0.2, 0.25) is 5.03 Å². The molecule has 1 fully saturated rings. The number of alkyl halides is 3. The highest BCUT2D eigenvalue weighted by atomic mass is 32.2. The Bertz CT molecular complexity index is 1620. The highest BCUT2D eigenvalue weighted by molar-refractivity contribution is 7.89. The van der Waals surface area contributed by atoms with Gasteiger partial charge in [0.1, 0.15) is 5.82 Å². The lowest BCUT2D eigenvalue weighted by atomic mass is 9.95. The number of hydrogen-bond donors (Lipinski definition) is 0. The number of fused-ring (bicyclic) bond motifs is 1. The van der Waals surface area contributed by atoms with Crippen LogP contribution in [0.2, 0.25) is 0 Å². The molecule has 0 spiro atoms. The Morgan fingerprint density at radius 3 is 2.45 bits per heavy atom. The third-order valence-corrected chi connectivity index (χ3v) is 9.04. The van der Waals surface area contributed by atoms with Crippen molar-refractivity contribution in [3.63, 3.8) is 0 Å². The summed E-state index contributed by atoms with van der Waals surface area (Å²) in [6.45, 7) is 4.94. The van der Waals surface area contributed by atoms with Crippen LogP contribution in [0.25, 0.3) is 16.6 Å². The second-order valence-electron chi connectivity index (χ2n) is 9.99. The van der Waals surface area contributed by atoms with E-state index in [2.05, 4.69) is 15.3 Å². The Hall–Kier alpha value is -3.36. The van der Waals surface area contributed by atoms with Gasteiger partial charge in [-0.1, -0.05) is 6.92 Å². The fraction of sp³-hybridized carbons (Fsp3) is 0.423. The lowest BCUT2D eigenvalue weighted by molar-refractivity contribution is -0.176. The minimum atomic E-state index is -4.39. The third-order valence-electron chi connectivity index (χ3n) is 7.31. The minimum Gasteiger partial charge on any atom is -0.293 e. The molecule has 1 aliphatic heterocycles. The summed E-state index contributed by atoms with van der Waals surface area (Å²) in [5.41, 5.74) is 2.86. The van der Waals surface area contributed by atoms with Crippen LogP contribution >= 0.6 is 0 Å². The number of aryl methyl sites for hydroxylation is 2. The lowest BCUT2D eigenvalue weighted by Crippen LogP contribution is -2.52. The molecule has 2 aromatic carbocycles. The maximum absolute atomic E-state index is 13.5. The molecule has 0 bridgehead atoms. The van der Waals surface area contributed by atoms with Gasteiger partial charge in [0.05, 0.1) is 36.1 Å². The van der Waals surface area contributed by atoms with Crippen molar-refractivity contribution in [2.24, 2.45) is 5.92 Å². The average Bonchev–Trinajstić information content (AvgIpc) is 3.56. The molecule has 214 valence electrons. The SMILES string of the molecule is CCn1ncc(S(=O)(=O)N2CCN(CC(C)C(F)(F)F)[C@H](c3cc4cnn(-c5ccc(F)cc5)c4cc3C)C2)n1. The molecule has 2 aromatic heterocycles. The molecule has 1 aliphatic rings. The third kappa shape index (κ3) is 5.34. The monoisotopic (exact) mass is 579 g/mol. The maximum atomic E-state index is 13.5. The predicted octanol–water partition coefficient (Wildman–Crippen LogP) is 4.33. The smallest absolute Gasteiger partial charge is 0.293 e. The summed E-state index contributed by atoms with van der Waals surface area (Å²) < 4.78 is 83.9. The first-order valence-electron chi connectivity index (χ1n) is 12.8. The summed E-state index contributed by atoms with van der Waals surface area (Å²) in [6.07, 6.45) is -1.57. The van der Waals surface area contributed by atoms with E-state index in [-0.39, 0.29) is 37.0 Å². The second-order valence-corrected chi connectivity index (χ2v) is 11.9. The largest absolute Gasteiger partial charge is 0.392 e. The van der Waals surface area contributed by atoms with E-state index in [1.807, 2.05) is 19.1 Å². The van der Waals surface area contributed by atoms with Crippen molar-refractivity contribution in [2.45, 2.75) is 44.6 Å². The molecule has 0 amide bonds. The standard InChI is InChI=1S/C26H29F4N7O2S/c1-4-36-31-14-25(33-36)40(38,39)35-10-9-34(15-18(3)26(28,29)30)24(16-35)22-12-19-13-32-37(23(19)11-17(22)2)21-7-5-20(27)6-8-21/h5-8,11-14,18,24H,4,9-10,15-16H2,1-3H3/t18?,24-/m0/s1. The van der Waals surface area contributed by atoms with Gasteiger partial charge in [-0.2, -0.15) is 32.5 Å². The normalized spacial score (nSPS) is 18.4. The average molecular weight is 580 g/mol. The maximum Gasteiger partial charge on any atom is 0.392 e. The summed E-state index contributed by atoms with van der Waals surface area (Å²) in [7, 11) is -4.02. The summed E-state index contributed by atoms with van der Waals surface area (Å²) in [5.74, 6) is -1.98. The van der Waals surface area contributed by atoms with Gasteiger partial charge in [-0.3, -0.25) is 4.90 Å². The van der Waals surface area contributed by atoms with Gasteiger partial charge in [-0.25, -0.2) is 17.5 Å². The zero-order valence-corrected chi connectivity index (χ0v) is 23.0. The van der Waals surface area contributed by atoms with Crippen LogP contribution in [0.3, 0.4) is 0 Å². The molecule has 9 nitrogen and oxygen atoms in total.